The second-order valence-corrected chi connectivity index (χ2v) is 5.95. The zero-order valence-electron chi connectivity index (χ0n) is 13.5. The van der Waals surface area contributed by atoms with Gasteiger partial charge >= 0.3 is 0 Å². The Balaban J connectivity index is 2.24. The summed E-state index contributed by atoms with van der Waals surface area (Å²) >= 11 is 0. The Kier molecular flexibility index (Phi) is 9.07. The van der Waals surface area contributed by atoms with Crippen LogP contribution in [0.3, 0.4) is 0 Å². The number of rotatable bonds is 11. The van der Waals surface area contributed by atoms with Crippen LogP contribution in [0.2, 0.25) is 0 Å². The Morgan fingerprint density at radius 2 is 1.71 bits per heavy atom. The lowest BCUT2D eigenvalue weighted by atomic mass is 10.1. The fourth-order valence-corrected chi connectivity index (χ4v) is 2.44. The van der Waals surface area contributed by atoms with Crippen molar-refractivity contribution in [3.63, 3.8) is 0 Å². The second-order valence-electron chi connectivity index (χ2n) is 5.95. The van der Waals surface area contributed by atoms with Gasteiger partial charge in [-0.15, -0.1) is 0 Å². The monoisotopic (exact) mass is 295 g/mol. The highest BCUT2D eigenvalue weighted by Gasteiger charge is 2.04. The first kappa shape index (κ1) is 18.0. The summed E-state index contributed by atoms with van der Waals surface area (Å²) in [5, 5.41) is 0. The third kappa shape index (κ3) is 8.71. The molecule has 0 aliphatic rings. The van der Waals surface area contributed by atoms with Crippen molar-refractivity contribution in [3.05, 3.63) is 29.6 Å². The molecule has 0 radical (unpaired) electrons. The van der Waals surface area contributed by atoms with Crippen molar-refractivity contribution in [1.82, 2.24) is 0 Å². The van der Waals surface area contributed by atoms with E-state index in [1.807, 2.05) is 13.0 Å². The second kappa shape index (κ2) is 10.6. The molecule has 0 heterocycles. The van der Waals surface area contributed by atoms with Gasteiger partial charge in [-0.2, -0.15) is 0 Å². The summed E-state index contributed by atoms with van der Waals surface area (Å²) in [6, 6.07) is 4.91. The minimum atomic E-state index is -0.247. The van der Waals surface area contributed by atoms with Gasteiger partial charge < -0.3 is 10.5 Å². The van der Waals surface area contributed by atoms with E-state index in [0.717, 1.165) is 12.0 Å². The predicted molar refractivity (Wildman–Crippen MR) is 87.2 cm³/mol. The smallest absolute Gasteiger partial charge is 0.127 e. The summed E-state index contributed by atoms with van der Waals surface area (Å²) in [7, 11) is 0. The van der Waals surface area contributed by atoms with E-state index in [1.54, 1.807) is 0 Å². The maximum atomic E-state index is 13.5. The molecule has 120 valence electrons. The number of halogens is 1. The average molecular weight is 295 g/mol. The van der Waals surface area contributed by atoms with Crippen molar-refractivity contribution in [3.8, 4) is 5.75 Å². The van der Waals surface area contributed by atoms with E-state index in [2.05, 4.69) is 6.92 Å². The van der Waals surface area contributed by atoms with Crippen LogP contribution in [0, 0.1) is 5.82 Å². The standard InChI is InChI=1S/C18H30FNO/c1-3-4-5-6-7-8-9-10-21-18-13-16(11-15(2)20)12-17(19)14-18/h12-15H,3-11,20H2,1-2H3. The van der Waals surface area contributed by atoms with E-state index in [0.29, 0.717) is 18.8 Å². The first-order chi connectivity index (χ1) is 10.1. The normalized spacial score (nSPS) is 12.4. The Morgan fingerprint density at radius 3 is 2.38 bits per heavy atom. The lowest BCUT2D eigenvalue weighted by Crippen LogP contribution is -2.17. The van der Waals surface area contributed by atoms with Crippen LogP contribution in [0.25, 0.3) is 0 Å². The van der Waals surface area contributed by atoms with Crippen molar-refractivity contribution >= 4 is 0 Å². The van der Waals surface area contributed by atoms with Gasteiger partial charge in [-0.3, -0.25) is 0 Å². The van der Waals surface area contributed by atoms with Gasteiger partial charge in [0.1, 0.15) is 11.6 Å². The van der Waals surface area contributed by atoms with Crippen LogP contribution >= 0.6 is 0 Å². The minimum absolute atomic E-state index is 0.0303. The van der Waals surface area contributed by atoms with Gasteiger partial charge in [0.2, 0.25) is 0 Å². The third-order valence-corrected chi connectivity index (χ3v) is 3.51. The number of benzene rings is 1. The molecule has 1 rings (SSSR count). The van der Waals surface area contributed by atoms with Crippen LogP contribution in [-0.2, 0) is 6.42 Å². The van der Waals surface area contributed by atoms with E-state index in [1.165, 1.54) is 50.7 Å². The first-order valence-corrected chi connectivity index (χ1v) is 8.29. The van der Waals surface area contributed by atoms with Gasteiger partial charge in [0.25, 0.3) is 0 Å². The highest BCUT2D eigenvalue weighted by molar-refractivity contribution is 5.30. The van der Waals surface area contributed by atoms with Crippen LogP contribution in [0.1, 0.15) is 64.4 Å². The van der Waals surface area contributed by atoms with Crippen LogP contribution in [0.5, 0.6) is 5.75 Å². The number of ether oxygens (including phenoxy) is 1. The summed E-state index contributed by atoms with van der Waals surface area (Å²) in [6.45, 7) is 4.81. The molecule has 0 saturated carbocycles. The lowest BCUT2D eigenvalue weighted by Gasteiger charge is -2.10. The molecule has 1 atom stereocenters. The molecule has 1 aromatic carbocycles. The third-order valence-electron chi connectivity index (χ3n) is 3.51. The molecule has 2 nitrogen and oxygen atoms in total. The highest BCUT2D eigenvalue weighted by atomic mass is 19.1. The zero-order chi connectivity index (χ0) is 15.5. The van der Waals surface area contributed by atoms with Crippen molar-refractivity contribution in [1.29, 1.82) is 0 Å². The molecule has 0 saturated heterocycles. The minimum Gasteiger partial charge on any atom is -0.493 e. The zero-order valence-corrected chi connectivity index (χ0v) is 13.5. The molecule has 0 fully saturated rings. The maximum Gasteiger partial charge on any atom is 0.127 e. The highest BCUT2D eigenvalue weighted by Crippen LogP contribution is 2.18. The van der Waals surface area contributed by atoms with E-state index in [4.69, 9.17) is 10.5 Å². The first-order valence-electron chi connectivity index (χ1n) is 8.29. The van der Waals surface area contributed by atoms with E-state index >= 15 is 0 Å². The molecule has 0 aromatic heterocycles. The molecule has 0 aliphatic carbocycles. The molecule has 0 spiro atoms. The van der Waals surface area contributed by atoms with Crippen LogP contribution in [0.15, 0.2) is 18.2 Å². The molecule has 2 N–H and O–H groups in total. The Morgan fingerprint density at radius 1 is 1.05 bits per heavy atom. The number of hydrogen-bond acceptors (Lipinski definition) is 2. The molecule has 3 heteroatoms. The summed E-state index contributed by atoms with van der Waals surface area (Å²) < 4.78 is 19.2. The van der Waals surface area contributed by atoms with Crippen molar-refractivity contribution in [2.45, 2.75) is 71.3 Å². The number of hydrogen-bond donors (Lipinski definition) is 1. The van der Waals surface area contributed by atoms with Gasteiger partial charge in [-0.05, 0) is 37.5 Å². The molecular weight excluding hydrogens is 265 g/mol. The Labute approximate surface area is 128 Å². The average Bonchev–Trinajstić information content (AvgIpc) is 2.40. The molecule has 1 unspecified atom stereocenters. The van der Waals surface area contributed by atoms with Gasteiger partial charge in [0, 0.05) is 12.1 Å². The van der Waals surface area contributed by atoms with Gasteiger partial charge in [0.15, 0.2) is 0 Å². The van der Waals surface area contributed by atoms with Gasteiger partial charge in [-0.1, -0.05) is 45.4 Å². The largest absolute Gasteiger partial charge is 0.493 e. The van der Waals surface area contributed by atoms with Gasteiger partial charge in [-0.25, -0.2) is 4.39 Å². The molecule has 1 aromatic rings. The summed E-state index contributed by atoms with van der Waals surface area (Å²) in [5.74, 6) is 0.374. The Bertz CT molecular complexity index is 393. The van der Waals surface area contributed by atoms with E-state index < -0.39 is 0 Å². The van der Waals surface area contributed by atoms with Crippen molar-refractivity contribution in [2.75, 3.05) is 6.61 Å². The quantitative estimate of drug-likeness (QED) is 0.593. The van der Waals surface area contributed by atoms with Crippen LogP contribution in [0.4, 0.5) is 4.39 Å². The number of unbranched alkanes of at least 4 members (excludes halogenated alkanes) is 6. The van der Waals surface area contributed by atoms with Crippen LogP contribution in [-0.4, -0.2) is 12.6 Å². The fourth-order valence-electron chi connectivity index (χ4n) is 2.44. The summed E-state index contributed by atoms with van der Waals surface area (Å²) in [6.07, 6.45) is 9.42. The SMILES string of the molecule is CCCCCCCCCOc1cc(F)cc(CC(C)N)c1. The predicted octanol–water partition coefficient (Wildman–Crippen LogP) is 4.84. The Hall–Kier alpha value is -1.09. The fraction of sp³-hybridized carbons (Fsp3) is 0.667. The topological polar surface area (TPSA) is 35.2 Å². The maximum absolute atomic E-state index is 13.5. The van der Waals surface area contributed by atoms with Crippen molar-refractivity contribution in [2.24, 2.45) is 5.73 Å². The van der Waals surface area contributed by atoms with Crippen molar-refractivity contribution < 1.29 is 9.13 Å². The summed E-state index contributed by atoms with van der Waals surface area (Å²) in [4.78, 5) is 0. The molecule has 0 bridgehead atoms. The molecular formula is C18H30FNO. The molecule has 21 heavy (non-hydrogen) atoms. The lowest BCUT2D eigenvalue weighted by molar-refractivity contribution is 0.302. The molecule has 0 amide bonds. The van der Waals surface area contributed by atoms with Gasteiger partial charge in [0.05, 0.1) is 6.61 Å². The summed E-state index contributed by atoms with van der Waals surface area (Å²) in [5.41, 5.74) is 6.65. The number of nitrogens with two attached hydrogens (primary N) is 1. The molecule has 0 aliphatic heterocycles. The van der Waals surface area contributed by atoms with E-state index in [9.17, 15) is 4.39 Å². The van der Waals surface area contributed by atoms with E-state index in [-0.39, 0.29) is 11.9 Å². The van der Waals surface area contributed by atoms with Crippen LogP contribution < -0.4 is 10.5 Å².